The molecule has 0 radical (unpaired) electrons. The Hall–Kier alpha value is -3.06. The van der Waals surface area contributed by atoms with Gasteiger partial charge >= 0.3 is 5.97 Å². The molecule has 0 aliphatic rings. The average Bonchev–Trinajstić information content (AvgIpc) is 3.05. The van der Waals surface area contributed by atoms with Gasteiger partial charge in [0, 0.05) is 10.7 Å². The van der Waals surface area contributed by atoms with Gasteiger partial charge < -0.3 is 10.4 Å². The lowest BCUT2D eigenvalue weighted by atomic mass is 10.1. The summed E-state index contributed by atoms with van der Waals surface area (Å²) in [6.45, 7) is 0. The predicted molar refractivity (Wildman–Crippen MR) is 90.9 cm³/mol. The van der Waals surface area contributed by atoms with Crippen LogP contribution in [0, 0.1) is 0 Å². The molecule has 8 heteroatoms. The molecule has 0 saturated carbocycles. The van der Waals surface area contributed by atoms with Gasteiger partial charge in [0.05, 0.1) is 17.5 Å². The molecule has 3 N–H and O–H groups in total. The number of nitrogens with zero attached hydrogens (tertiary/aromatic N) is 3. The molecule has 0 amide bonds. The van der Waals surface area contributed by atoms with Crippen molar-refractivity contribution in [2.75, 3.05) is 5.32 Å². The van der Waals surface area contributed by atoms with Crippen molar-refractivity contribution in [3.8, 4) is 0 Å². The lowest BCUT2D eigenvalue weighted by molar-refractivity contribution is -0.136. The quantitative estimate of drug-likeness (QED) is 0.529. The van der Waals surface area contributed by atoms with E-state index in [1.54, 1.807) is 40.9 Å². The Kier molecular flexibility index (Phi) is 3.35. The number of rotatable bonds is 4. The van der Waals surface area contributed by atoms with E-state index < -0.39 is 5.97 Å². The number of fused-ring (bicyclic) bond motifs is 3. The predicted octanol–water partition coefficient (Wildman–Crippen LogP) is 3.23. The highest BCUT2D eigenvalue weighted by Gasteiger charge is 2.10. The van der Waals surface area contributed by atoms with Gasteiger partial charge in [-0.3, -0.25) is 9.89 Å². The van der Waals surface area contributed by atoms with Crippen LogP contribution in [-0.4, -0.2) is 30.7 Å². The maximum atomic E-state index is 10.7. The van der Waals surface area contributed by atoms with Crippen LogP contribution in [0.1, 0.15) is 5.56 Å². The van der Waals surface area contributed by atoms with Gasteiger partial charge in [-0.1, -0.05) is 23.7 Å². The monoisotopic (exact) mass is 341 g/mol. The number of imidazole rings is 1. The van der Waals surface area contributed by atoms with Crippen molar-refractivity contribution in [2.45, 2.75) is 6.42 Å². The standard InChI is InChI=1S/C16H12ClN5O2/c17-10-3-6-13-12(8-10)19-16-20-15(21-22(13)16)18-11-4-1-9(2-5-11)7-14(23)24/h1-6,8H,7H2,(H,23,24)(H2,18,19,20,21). The summed E-state index contributed by atoms with van der Waals surface area (Å²) >= 11 is 5.97. The Morgan fingerprint density at radius 3 is 2.75 bits per heavy atom. The number of nitrogens with one attached hydrogen (secondary N) is 2. The van der Waals surface area contributed by atoms with E-state index in [0.29, 0.717) is 16.7 Å². The fourth-order valence-corrected chi connectivity index (χ4v) is 2.70. The number of carbonyl (C=O) groups is 1. The van der Waals surface area contributed by atoms with E-state index in [9.17, 15) is 4.79 Å². The van der Waals surface area contributed by atoms with E-state index in [4.69, 9.17) is 16.7 Å². The number of aromatic nitrogens is 4. The highest BCUT2D eigenvalue weighted by molar-refractivity contribution is 6.31. The first-order valence-electron chi connectivity index (χ1n) is 7.20. The maximum absolute atomic E-state index is 10.7. The van der Waals surface area contributed by atoms with E-state index >= 15 is 0 Å². The van der Waals surface area contributed by atoms with E-state index in [0.717, 1.165) is 22.3 Å². The molecular weight excluding hydrogens is 330 g/mol. The number of carboxylic acid groups (broad SMARTS) is 1. The van der Waals surface area contributed by atoms with Gasteiger partial charge in [-0.15, -0.1) is 0 Å². The topological polar surface area (TPSA) is 95.3 Å². The third kappa shape index (κ3) is 2.65. The lowest BCUT2D eigenvalue weighted by Crippen LogP contribution is -2.00. The summed E-state index contributed by atoms with van der Waals surface area (Å²) in [7, 11) is 0. The van der Waals surface area contributed by atoms with Crippen molar-refractivity contribution < 1.29 is 9.90 Å². The van der Waals surface area contributed by atoms with Crippen LogP contribution in [0.5, 0.6) is 0 Å². The van der Waals surface area contributed by atoms with Crippen LogP contribution >= 0.6 is 11.6 Å². The third-order valence-electron chi connectivity index (χ3n) is 3.60. The van der Waals surface area contributed by atoms with Crippen LogP contribution in [0.3, 0.4) is 0 Å². The molecule has 0 saturated heterocycles. The molecule has 4 aromatic rings. The van der Waals surface area contributed by atoms with Gasteiger partial charge in [0.1, 0.15) is 0 Å². The van der Waals surface area contributed by atoms with Crippen molar-refractivity contribution in [3.63, 3.8) is 0 Å². The Morgan fingerprint density at radius 1 is 1.21 bits per heavy atom. The van der Waals surface area contributed by atoms with Crippen molar-refractivity contribution in [1.29, 1.82) is 0 Å². The zero-order valence-electron chi connectivity index (χ0n) is 12.3. The first-order chi connectivity index (χ1) is 11.6. The second kappa shape index (κ2) is 5.54. The molecule has 120 valence electrons. The van der Waals surface area contributed by atoms with Crippen LogP contribution in [-0.2, 0) is 11.2 Å². The van der Waals surface area contributed by atoms with Gasteiger partial charge in [0.15, 0.2) is 0 Å². The minimum Gasteiger partial charge on any atom is -0.481 e. The Morgan fingerprint density at radius 2 is 2.00 bits per heavy atom. The zero-order chi connectivity index (χ0) is 16.7. The molecule has 0 fully saturated rings. The number of benzene rings is 2. The number of halogens is 1. The highest BCUT2D eigenvalue weighted by Crippen LogP contribution is 2.21. The summed E-state index contributed by atoms with van der Waals surface area (Å²) in [5.74, 6) is 0.229. The number of aromatic amines is 1. The van der Waals surface area contributed by atoms with Gasteiger partial charge in [-0.25, -0.2) is 9.50 Å². The average molecular weight is 342 g/mol. The Bertz CT molecular complexity index is 1050. The molecule has 0 aliphatic carbocycles. The minimum atomic E-state index is -0.852. The summed E-state index contributed by atoms with van der Waals surface area (Å²) in [4.78, 5) is 19.5. The number of hydrogen-bond donors (Lipinski definition) is 3. The molecule has 2 aromatic heterocycles. The molecule has 2 heterocycles. The second-order valence-corrected chi connectivity index (χ2v) is 5.78. The fourth-order valence-electron chi connectivity index (χ4n) is 2.53. The number of carboxylic acids is 1. The maximum Gasteiger partial charge on any atom is 0.307 e. The van der Waals surface area contributed by atoms with Gasteiger partial charge in [0.25, 0.3) is 5.78 Å². The van der Waals surface area contributed by atoms with Crippen LogP contribution in [0.2, 0.25) is 5.02 Å². The molecule has 7 nitrogen and oxygen atoms in total. The molecular formula is C16H12ClN5O2. The van der Waals surface area contributed by atoms with E-state index in [-0.39, 0.29) is 6.42 Å². The normalized spacial score (nSPS) is 11.2. The molecule has 2 aromatic carbocycles. The third-order valence-corrected chi connectivity index (χ3v) is 3.84. The summed E-state index contributed by atoms with van der Waals surface area (Å²) in [5.41, 5.74) is 3.19. The zero-order valence-corrected chi connectivity index (χ0v) is 13.1. The molecule has 4 rings (SSSR count). The number of H-pyrrole nitrogens is 1. The summed E-state index contributed by atoms with van der Waals surface area (Å²) in [5, 5.41) is 15.7. The van der Waals surface area contributed by atoms with Crippen molar-refractivity contribution in [3.05, 3.63) is 53.1 Å². The van der Waals surface area contributed by atoms with Crippen LogP contribution in [0.25, 0.3) is 16.8 Å². The van der Waals surface area contributed by atoms with Gasteiger partial charge in [0.2, 0.25) is 5.95 Å². The molecule has 0 bridgehead atoms. The second-order valence-electron chi connectivity index (χ2n) is 5.34. The highest BCUT2D eigenvalue weighted by atomic mass is 35.5. The fraction of sp³-hybridized carbons (Fsp3) is 0.0625. The van der Waals surface area contributed by atoms with Gasteiger partial charge in [-0.2, -0.15) is 4.98 Å². The molecule has 0 aliphatic heterocycles. The summed E-state index contributed by atoms with van der Waals surface area (Å²) < 4.78 is 1.77. The molecule has 24 heavy (non-hydrogen) atoms. The van der Waals surface area contributed by atoms with E-state index in [1.807, 2.05) is 6.07 Å². The lowest BCUT2D eigenvalue weighted by Gasteiger charge is -2.03. The first kappa shape index (κ1) is 14.5. The van der Waals surface area contributed by atoms with E-state index in [2.05, 4.69) is 20.4 Å². The number of anilines is 2. The van der Waals surface area contributed by atoms with E-state index in [1.165, 1.54) is 0 Å². The first-order valence-corrected chi connectivity index (χ1v) is 7.58. The summed E-state index contributed by atoms with van der Waals surface area (Å²) in [6.07, 6.45) is 0.00338. The van der Waals surface area contributed by atoms with Crippen LogP contribution in [0.15, 0.2) is 42.5 Å². The SMILES string of the molecule is O=C(O)Cc1ccc(Nc2nc3nc4cc(Cl)ccc4n3[nH]2)cc1. The number of hydrogen-bond acceptors (Lipinski definition) is 4. The van der Waals surface area contributed by atoms with Crippen LogP contribution in [0.4, 0.5) is 11.6 Å². The smallest absolute Gasteiger partial charge is 0.307 e. The van der Waals surface area contributed by atoms with Crippen LogP contribution < -0.4 is 5.32 Å². The minimum absolute atomic E-state index is 0.00338. The van der Waals surface area contributed by atoms with Crippen molar-refractivity contribution in [1.82, 2.24) is 19.6 Å². The van der Waals surface area contributed by atoms with Gasteiger partial charge in [-0.05, 0) is 35.9 Å². The van der Waals surface area contributed by atoms with Crippen molar-refractivity contribution in [2.24, 2.45) is 0 Å². The molecule has 0 unspecified atom stereocenters. The Balaban J connectivity index is 1.61. The summed E-state index contributed by atoms with van der Waals surface area (Å²) in [6, 6.07) is 12.6. The largest absolute Gasteiger partial charge is 0.481 e. The molecule has 0 atom stereocenters. The number of aliphatic carboxylic acids is 1. The van der Waals surface area contributed by atoms with Crippen molar-refractivity contribution >= 4 is 46.0 Å². The molecule has 0 spiro atoms. The Labute approximate surface area is 140 Å².